The van der Waals surface area contributed by atoms with Gasteiger partial charge in [0, 0.05) is 24.0 Å². The number of carbonyl (C=O) groups excluding carboxylic acids is 2. The monoisotopic (exact) mass is 388 g/mol. The van der Waals surface area contributed by atoms with Crippen LogP contribution in [0.4, 0.5) is 11.4 Å². The fourth-order valence-corrected chi connectivity index (χ4v) is 2.86. The maximum Gasteiger partial charge on any atom is 0.262 e. The molecule has 3 aromatic rings. The summed E-state index contributed by atoms with van der Waals surface area (Å²) in [4.78, 5) is 26.5. The Morgan fingerprint density at radius 3 is 2.34 bits per heavy atom. The van der Waals surface area contributed by atoms with Crippen LogP contribution in [-0.4, -0.2) is 25.5 Å². The molecule has 148 valence electrons. The van der Waals surface area contributed by atoms with Crippen molar-refractivity contribution in [3.05, 3.63) is 90.0 Å². The van der Waals surface area contributed by atoms with Crippen molar-refractivity contribution in [3.63, 3.8) is 0 Å². The van der Waals surface area contributed by atoms with E-state index in [1.165, 1.54) is 5.56 Å². The Kier molecular flexibility index (Phi) is 6.63. The van der Waals surface area contributed by atoms with Crippen molar-refractivity contribution < 1.29 is 14.3 Å². The zero-order valence-corrected chi connectivity index (χ0v) is 16.6. The van der Waals surface area contributed by atoms with Crippen molar-refractivity contribution in [2.24, 2.45) is 0 Å². The quantitative estimate of drug-likeness (QED) is 0.646. The molecular weight excluding hydrogens is 364 g/mol. The zero-order chi connectivity index (χ0) is 20.6. The molecule has 0 aliphatic heterocycles. The van der Waals surface area contributed by atoms with E-state index in [-0.39, 0.29) is 18.4 Å². The maximum absolute atomic E-state index is 12.7. The number of benzene rings is 3. The summed E-state index contributed by atoms with van der Waals surface area (Å²) in [6.45, 7) is 1.98. The van der Waals surface area contributed by atoms with Crippen LogP contribution < -0.4 is 15.0 Å². The summed E-state index contributed by atoms with van der Waals surface area (Å²) in [7, 11) is 1.72. The highest BCUT2D eigenvalue weighted by Gasteiger charge is 2.14. The molecule has 3 aromatic carbocycles. The molecular formula is C24H24N2O3. The van der Waals surface area contributed by atoms with Crippen LogP contribution in [0.15, 0.2) is 78.9 Å². The van der Waals surface area contributed by atoms with Gasteiger partial charge in [-0.1, -0.05) is 43.3 Å². The van der Waals surface area contributed by atoms with Crippen LogP contribution >= 0.6 is 0 Å². The fourth-order valence-electron chi connectivity index (χ4n) is 2.86. The van der Waals surface area contributed by atoms with Crippen molar-refractivity contribution in [2.45, 2.75) is 13.3 Å². The molecule has 0 unspecified atom stereocenters. The summed E-state index contributed by atoms with van der Waals surface area (Å²) in [6.07, 6.45) is 0.954. The number of hydrogen-bond acceptors (Lipinski definition) is 3. The lowest BCUT2D eigenvalue weighted by atomic mass is 10.1. The number of nitrogens with one attached hydrogen (secondary N) is 1. The highest BCUT2D eigenvalue weighted by Crippen LogP contribution is 2.18. The average Bonchev–Trinajstić information content (AvgIpc) is 2.78. The Balaban J connectivity index is 1.60. The van der Waals surface area contributed by atoms with Crippen LogP contribution in [-0.2, 0) is 11.2 Å². The molecule has 0 aliphatic carbocycles. The third-order valence-electron chi connectivity index (χ3n) is 4.54. The summed E-state index contributed by atoms with van der Waals surface area (Å²) in [5.74, 6) is 0.205. The van der Waals surface area contributed by atoms with Gasteiger partial charge < -0.3 is 15.0 Å². The normalized spacial score (nSPS) is 10.3. The van der Waals surface area contributed by atoms with Gasteiger partial charge in [-0.2, -0.15) is 0 Å². The molecule has 0 radical (unpaired) electrons. The van der Waals surface area contributed by atoms with E-state index in [1.54, 1.807) is 36.2 Å². The van der Waals surface area contributed by atoms with Gasteiger partial charge in [0.2, 0.25) is 0 Å². The van der Waals surface area contributed by atoms with E-state index in [0.29, 0.717) is 17.0 Å². The van der Waals surface area contributed by atoms with E-state index >= 15 is 0 Å². The number of hydrogen-bond donors (Lipinski definition) is 1. The van der Waals surface area contributed by atoms with Gasteiger partial charge in [0.25, 0.3) is 11.8 Å². The van der Waals surface area contributed by atoms with Gasteiger partial charge >= 0.3 is 0 Å². The molecule has 0 heterocycles. The molecule has 0 aromatic heterocycles. The molecule has 5 nitrogen and oxygen atoms in total. The number of nitrogens with zero attached hydrogens (tertiary/aromatic N) is 1. The van der Waals surface area contributed by atoms with Gasteiger partial charge in [-0.25, -0.2) is 0 Å². The van der Waals surface area contributed by atoms with Crippen LogP contribution in [0.2, 0.25) is 0 Å². The van der Waals surface area contributed by atoms with Crippen molar-refractivity contribution in [3.8, 4) is 5.75 Å². The standard InChI is InChI=1S/C24H24N2O3/c1-3-18-12-14-22(15-13-18)29-17-23(27)25-20-9-7-8-19(16-20)24(28)26(2)21-10-5-4-6-11-21/h4-16H,3,17H2,1-2H3,(H,25,27). The minimum atomic E-state index is -0.286. The molecule has 0 fully saturated rings. The van der Waals surface area contributed by atoms with Crippen LogP contribution in [0.5, 0.6) is 5.75 Å². The first-order valence-corrected chi connectivity index (χ1v) is 9.51. The van der Waals surface area contributed by atoms with Gasteiger partial charge in [0.15, 0.2) is 6.61 Å². The SMILES string of the molecule is CCc1ccc(OCC(=O)Nc2cccc(C(=O)N(C)c3ccccc3)c2)cc1. The van der Waals surface area contributed by atoms with Gasteiger partial charge in [0.1, 0.15) is 5.75 Å². The molecule has 0 saturated heterocycles. The predicted molar refractivity (Wildman–Crippen MR) is 116 cm³/mol. The molecule has 0 spiro atoms. The Labute approximate surface area is 170 Å². The summed E-state index contributed by atoms with van der Waals surface area (Å²) >= 11 is 0. The van der Waals surface area contributed by atoms with Crippen LogP contribution in [0.1, 0.15) is 22.8 Å². The highest BCUT2D eigenvalue weighted by molar-refractivity contribution is 6.06. The van der Waals surface area contributed by atoms with E-state index in [4.69, 9.17) is 4.74 Å². The van der Waals surface area contributed by atoms with Gasteiger partial charge in [0.05, 0.1) is 0 Å². The number of ether oxygens (including phenoxy) is 1. The van der Waals surface area contributed by atoms with Crippen molar-refractivity contribution in [1.82, 2.24) is 0 Å². The van der Waals surface area contributed by atoms with Crippen molar-refractivity contribution in [2.75, 3.05) is 23.9 Å². The second-order valence-electron chi connectivity index (χ2n) is 6.61. The number of carbonyl (C=O) groups is 2. The Morgan fingerprint density at radius 2 is 1.66 bits per heavy atom. The van der Waals surface area contributed by atoms with E-state index in [2.05, 4.69) is 12.2 Å². The Morgan fingerprint density at radius 1 is 0.931 bits per heavy atom. The summed E-state index contributed by atoms with van der Waals surface area (Å²) in [5, 5.41) is 2.77. The molecule has 0 atom stereocenters. The first kappa shape index (κ1) is 20.1. The molecule has 0 aliphatic rings. The molecule has 0 bridgehead atoms. The van der Waals surface area contributed by atoms with E-state index in [9.17, 15) is 9.59 Å². The first-order valence-electron chi connectivity index (χ1n) is 9.51. The lowest BCUT2D eigenvalue weighted by molar-refractivity contribution is -0.118. The van der Waals surface area contributed by atoms with Gasteiger partial charge in [-0.15, -0.1) is 0 Å². The van der Waals surface area contributed by atoms with Crippen LogP contribution in [0.25, 0.3) is 0 Å². The lowest BCUT2D eigenvalue weighted by Crippen LogP contribution is -2.26. The smallest absolute Gasteiger partial charge is 0.262 e. The first-order chi connectivity index (χ1) is 14.1. The second-order valence-corrected chi connectivity index (χ2v) is 6.61. The third-order valence-corrected chi connectivity index (χ3v) is 4.54. The summed E-state index contributed by atoms with van der Waals surface area (Å²) in [5.41, 5.74) is 3.05. The van der Waals surface area contributed by atoms with Gasteiger partial charge in [-0.05, 0) is 54.4 Å². The fraction of sp³-hybridized carbons (Fsp3) is 0.167. The van der Waals surface area contributed by atoms with Crippen LogP contribution in [0.3, 0.4) is 0 Å². The topological polar surface area (TPSA) is 58.6 Å². The molecule has 1 N–H and O–H groups in total. The minimum absolute atomic E-state index is 0.104. The molecule has 2 amide bonds. The van der Waals surface area contributed by atoms with Crippen LogP contribution in [0, 0.1) is 0 Å². The largest absolute Gasteiger partial charge is 0.484 e. The molecule has 0 saturated carbocycles. The number of anilines is 2. The minimum Gasteiger partial charge on any atom is -0.484 e. The lowest BCUT2D eigenvalue weighted by Gasteiger charge is -2.17. The van der Waals surface area contributed by atoms with Crippen molar-refractivity contribution >= 4 is 23.2 Å². The molecule has 29 heavy (non-hydrogen) atoms. The summed E-state index contributed by atoms with van der Waals surface area (Å²) < 4.78 is 5.53. The number of aryl methyl sites for hydroxylation is 1. The van der Waals surface area contributed by atoms with E-state index < -0.39 is 0 Å². The predicted octanol–water partition coefficient (Wildman–Crippen LogP) is 4.54. The van der Waals surface area contributed by atoms with E-state index in [0.717, 1.165) is 12.1 Å². The number of rotatable bonds is 7. The zero-order valence-electron chi connectivity index (χ0n) is 16.6. The molecule has 5 heteroatoms. The second kappa shape index (κ2) is 9.55. The highest BCUT2D eigenvalue weighted by atomic mass is 16.5. The maximum atomic E-state index is 12.7. The van der Waals surface area contributed by atoms with Crippen molar-refractivity contribution in [1.29, 1.82) is 0 Å². The number of para-hydroxylation sites is 1. The third kappa shape index (κ3) is 5.45. The Hall–Kier alpha value is -3.60. The van der Waals surface area contributed by atoms with Gasteiger partial charge in [-0.3, -0.25) is 9.59 Å². The van der Waals surface area contributed by atoms with E-state index in [1.807, 2.05) is 54.6 Å². The molecule has 3 rings (SSSR count). The Bertz CT molecular complexity index is 969. The summed E-state index contributed by atoms with van der Waals surface area (Å²) in [6, 6.07) is 23.9. The average molecular weight is 388 g/mol. The number of amides is 2.